The minimum absolute atomic E-state index is 0.314. The normalized spacial score (nSPS) is 14.4. The fraction of sp³-hybridized carbons (Fsp3) is 0.583. The summed E-state index contributed by atoms with van der Waals surface area (Å²) in [6.45, 7) is 4.11. The monoisotopic (exact) mass is 320 g/mol. The topological polar surface area (TPSA) is 46.5 Å². The van der Waals surface area contributed by atoms with Gasteiger partial charge in [0.1, 0.15) is 6.10 Å². The molecular formula is C12H17BrO3S. The van der Waals surface area contributed by atoms with Crippen LogP contribution in [0.5, 0.6) is 0 Å². The Morgan fingerprint density at radius 2 is 2.24 bits per heavy atom. The average molecular weight is 321 g/mol. The van der Waals surface area contributed by atoms with Crippen LogP contribution in [-0.2, 0) is 9.53 Å². The highest BCUT2D eigenvalue weighted by Gasteiger charge is 2.29. The van der Waals surface area contributed by atoms with Crippen molar-refractivity contribution in [2.24, 2.45) is 5.92 Å². The van der Waals surface area contributed by atoms with E-state index in [-0.39, 0.29) is 5.97 Å². The third-order valence-electron chi connectivity index (χ3n) is 2.46. The second-order valence-electron chi connectivity index (χ2n) is 3.73. The van der Waals surface area contributed by atoms with Crippen LogP contribution in [0.3, 0.4) is 0 Å². The second kappa shape index (κ2) is 7.13. The summed E-state index contributed by atoms with van der Waals surface area (Å²) in [5.41, 5.74) is 0. The maximum absolute atomic E-state index is 11.8. The standard InChI is InChI=1S/C12H17BrO3S/c1-3-5-8(12(15)16-4-2)11(14)9-6-7-10(13)17-9/h6-8,11,14H,3-5H2,1-2H3. The summed E-state index contributed by atoms with van der Waals surface area (Å²) in [4.78, 5) is 12.6. The summed E-state index contributed by atoms with van der Waals surface area (Å²) in [7, 11) is 0. The molecule has 0 bridgehead atoms. The van der Waals surface area contributed by atoms with Crippen LogP contribution in [0.4, 0.5) is 0 Å². The highest BCUT2D eigenvalue weighted by atomic mass is 79.9. The van der Waals surface area contributed by atoms with Crippen LogP contribution in [0.25, 0.3) is 0 Å². The first kappa shape index (κ1) is 14.7. The number of hydrogen-bond donors (Lipinski definition) is 1. The van der Waals surface area contributed by atoms with Crippen molar-refractivity contribution in [1.29, 1.82) is 0 Å². The fourth-order valence-corrected chi connectivity index (χ4v) is 3.13. The third kappa shape index (κ3) is 4.08. The van der Waals surface area contributed by atoms with Gasteiger partial charge in [0, 0.05) is 4.88 Å². The number of thiophene rings is 1. The molecule has 1 rings (SSSR count). The number of aliphatic hydroxyl groups excluding tert-OH is 1. The minimum Gasteiger partial charge on any atom is -0.466 e. The van der Waals surface area contributed by atoms with Crippen LogP contribution in [0.2, 0.25) is 0 Å². The molecule has 0 radical (unpaired) electrons. The van der Waals surface area contributed by atoms with Gasteiger partial charge in [0.15, 0.2) is 0 Å². The second-order valence-corrected chi connectivity index (χ2v) is 6.23. The lowest BCUT2D eigenvalue weighted by Gasteiger charge is -2.19. The maximum atomic E-state index is 11.8. The molecule has 0 aliphatic carbocycles. The van der Waals surface area contributed by atoms with Gasteiger partial charge in [-0.3, -0.25) is 4.79 Å². The van der Waals surface area contributed by atoms with Gasteiger partial charge < -0.3 is 9.84 Å². The first-order valence-electron chi connectivity index (χ1n) is 5.70. The quantitative estimate of drug-likeness (QED) is 0.816. The molecule has 3 nitrogen and oxygen atoms in total. The largest absolute Gasteiger partial charge is 0.466 e. The Labute approximate surface area is 114 Å². The Kier molecular flexibility index (Phi) is 6.16. The number of ether oxygens (including phenoxy) is 1. The fourth-order valence-electron chi connectivity index (χ4n) is 1.65. The lowest BCUT2D eigenvalue weighted by Crippen LogP contribution is -2.24. The zero-order valence-corrected chi connectivity index (χ0v) is 12.4. The lowest BCUT2D eigenvalue weighted by atomic mass is 9.96. The van der Waals surface area contributed by atoms with E-state index in [1.54, 1.807) is 6.92 Å². The van der Waals surface area contributed by atoms with Gasteiger partial charge in [-0.15, -0.1) is 11.3 Å². The predicted molar refractivity (Wildman–Crippen MR) is 72.0 cm³/mol. The Bertz CT molecular complexity index is 364. The Morgan fingerprint density at radius 3 is 2.71 bits per heavy atom. The summed E-state index contributed by atoms with van der Waals surface area (Å²) in [5, 5.41) is 10.2. The molecule has 0 aromatic carbocycles. The molecule has 1 N–H and O–H groups in total. The van der Waals surface area contributed by atoms with Crippen LogP contribution < -0.4 is 0 Å². The van der Waals surface area contributed by atoms with Crippen molar-refractivity contribution in [2.45, 2.75) is 32.8 Å². The number of aliphatic hydroxyl groups is 1. The number of halogens is 1. The van der Waals surface area contributed by atoms with E-state index < -0.39 is 12.0 Å². The van der Waals surface area contributed by atoms with E-state index in [1.165, 1.54) is 11.3 Å². The minimum atomic E-state index is -0.773. The molecule has 0 saturated carbocycles. The molecule has 2 unspecified atom stereocenters. The van der Waals surface area contributed by atoms with E-state index in [4.69, 9.17) is 4.74 Å². The molecule has 0 amide bonds. The summed E-state index contributed by atoms with van der Waals surface area (Å²) in [6, 6.07) is 3.71. The van der Waals surface area contributed by atoms with Crippen molar-refractivity contribution in [3.63, 3.8) is 0 Å². The first-order valence-corrected chi connectivity index (χ1v) is 7.31. The van der Waals surface area contributed by atoms with E-state index in [0.717, 1.165) is 15.1 Å². The van der Waals surface area contributed by atoms with E-state index in [0.29, 0.717) is 13.0 Å². The van der Waals surface area contributed by atoms with Crippen molar-refractivity contribution in [3.05, 3.63) is 20.8 Å². The number of hydrogen-bond acceptors (Lipinski definition) is 4. The average Bonchev–Trinajstić information content (AvgIpc) is 2.72. The smallest absolute Gasteiger partial charge is 0.311 e. The Morgan fingerprint density at radius 1 is 1.53 bits per heavy atom. The summed E-state index contributed by atoms with van der Waals surface area (Å²) < 4.78 is 5.95. The zero-order valence-electron chi connectivity index (χ0n) is 9.98. The molecule has 1 aromatic rings. The number of esters is 1. The molecule has 1 aromatic heterocycles. The van der Waals surface area contributed by atoms with Crippen molar-refractivity contribution in [2.75, 3.05) is 6.61 Å². The van der Waals surface area contributed by atoms with E-state index >= 15 is 0 Å². The van der Waals surface area contributed by atoms with Gasteiger partial charge in [0.05, 0.1) is 16.3 Å². The van der Waals surface area contributed by atoms with Gasteiger partial charge in [0.2, 0.25) is 0 Å². The molecule has 0 fully saturated rings. The van der Waals surface area contributed by atoms with Crippen LogP contribution in [-0.4, -0.2) is 17.7 Å². The third-order valence-corrected chi connectivity index (χ3v) is 4.15. The number of carbonyl (C=O) groups is 1. The van der Waals surface area contributed by atoms with Crippen molar-refractivity contribution >= 4 is 33.2 Å². The number of carbonyl (C=O) groups excluding carboxylic acids is 1. The van der Waals surface area contributed by atoms with Crippen molar-refractivity contribution < 1.29 is 14.6 Å². The molecule has 17 heavy (non-hydrogen) atoms. The maximum Gasteiger partial charge on any atom is 0.311 e. The number of rotatable bonds is 6. The van der Waals surface area contributed by atoms with Crippen LogP contribution in [0, 0.1) is 5.92 Å². The van der Waals surface area contributed by atoms with E-state index in [2.05, 4.69) is 15.9 Å². The molecule has 1 heterocycles. The summed E-state index contributed by atoms with van der Waals surface area (Å²) >= 11 is 4.79. The molecule has 0 aliphatic rings. The van der Waals surface area contributed by atoms with Gasteiger partial charge >= 0.3 is 5.97 Å². The molecule has 0 saturated heterocycles. The Hall–Kier alpha value is -0.390. The lowest BCUT2D eigenvalue weighted by molar-refractivity contribution is -0.152. The van der Waals surface area contributed by atoms with Crippen LogP contribution in [0.1, 0.15) is 37.7 Å². The van der Waals surface area contributed by atoms with Crippen LogP contribution >= 0.6 is 27.3 Å². The van der Waals surface area contributed by atoms with Gasteiger partial charge in [-0.2, -0.15) is 0 Å². The van der Waals surface area contributed by atoms with Gasteiger partial charge in [-0.05, 0) is 41.4 Å². The van der Waals surface area contributed by atoms with Crippen LogP contribution in [0.15, 0.2) is 15.9 Å². The SMILES string of the molecule is CCCC(C(=O)OCC)C(O)c1ccc(Br)s1. The van der Waals surface area contributed by atoms with E-state index in [9.17, 15) is 9.90 Å². The van der Waals surface area contributed by atoms with E-state index in [1.807, 2.05) is 19.1 Å². The van der Waals surface area contributed by atoms with Gasteiger partial charge in [-0.1, -0.05) is 13.3 Å². The molecule has 0 aliphatic heterocycles. The summed E-state index contributed by atoms with van der Waals surface area (Å²) in [6.07, 6.45) is 0.702. The molecule has 0 spiro atoms. The predicted octanol–water partition coefficient (Wildman–Crippen LogP) is 3.52. The molecular weight excluding hydrogens is 304 g/mol. The highest BCUT2D eigenvalue weighted by Crippen LogP contribution is 2.33. The van der Waals surface area contributed by atoms with Gasteiger partial charge in [0.25, 0.3) is 0 Å². The Balaban J connectivity index is 2.79. The summed E-state index contributed by atoms with van der Waals surface area (Å²) in [5.74, 6) is -0.781. The van der Waals surface area contributed by atoms with Gasteiger partial charge in [-0.25, -0.2) is 0 Å². The molecule has 96 valence electrons. The van der Waals surface area contributed by atoms with Crippen molar-refractivity contribution in [1.82, 2.24) is 0 Å². The molecule has 5 heteroatoms. The zero-order chi connectivity index (χ0) is 12.8. The molecule has 2 atom stereocenters. The first-order chi connectivity index (χ1) is 8.10. The van der Waals surface area contributed by atoms with Crippen molar-refractivity contribution in [3.8, 4) is 0 Å². The highest BCUT2D eigenvalue weighted by molar-refractivity contribution is 9.11.